The van der Waals surface area contributed by atoms with Crippen LogP contribution in [0.4, 0.5) is 0 Å². The van der Waals surface area contributed by atoms with Crippen molar-refractivity contribution in [2.45, 2.75) is 38.9 Å². The summed E-state index contributed by atoms with van der Waals surface area (Å²) in [6.45, 7) is 8.06. The van der Waals surface area contributed by atoms with Gasteiger partial charge < -0.3 is 4.90 Å². The molecule has 0 aromatic carbocycles. The summed E-state index contributed by atoms with van der Waals surface area (Å²) in [5.41, 5.74) is 0. The van der Waals surface area contributed by atoms with Gasteiger partial charge in [-0.1, -0.05) is 0 Å². The molecule has 4 nitrogen and oxygen atoms in total. The third-order valence-electron chi connectivity index (χ3n) is 3.56. The molecular weight excluding hydrogens is 190 g/mol. The van der Waals surface area contributed by atoms with E-state index in [9.17, 15) is 4.79 Å². The number of carbonyl (C=O) groups is 1. The van der Waals surface area contributed by atoms with Gasteiger partial charge in [-0.15, -0.1) is 0 Å². The van der Waals surface area contributed by atoms with Crippen molar-refractivity contribution in [1.82, 2.24) is 15.1 Å². The van der Waals surface area contributed by atoms with E-state index in [0.29, 0.717) is 12.6 Å². The van der Waals surface area contributed by atoms with Crippen LogP contribution in [0.3, 0.4) is 0 Å². The van der Waals surface area contributed by atoms with E-state index in [-0.39, 0.29) is 12.1 Å². The lowest BCUT2D eigenvalue weighted by atomic mass is 10.2. The van der Waals surface area contributed by atoms with Gasteiger partial charge in [0, 0.05) is 12.6 Å². The monoisotopic (exact) mass is 211 g/mol. The highest BCUT2D eigenvalue weighted by Gasteiger charge is 2.29. The van der Waals surface area contributed by atoms with Crippen LogP contribution in [0.15, 0.2) is 0 Å². The van der Waals surface area contributed by atoms with Crippen molar-refractivity contribution >= 4 is 5.91 Å². The van der Waals surface area contributed by atoms with Gasteiger partial charge in [0.15, 0.2) is 0 Å². The van der Waals surface area contributed by atoms with Gasteiger partial charge in [-0.3, -0.25) is 15.0 Å². The molecule has 1 N–H and O–H groups in total. The standard InChI is InChI=1S/C11H21N3O/c1-9(13-5-3-4-6-13)8-14-10(2)12-7-11(14)15/h9-10,12H,3-8H2,1-2H3. The number of carbonyl (C=O) groups excluding carboxylic acids is 1. The minimum Gasteiger partial charge on any atom is -0.325 e. The van der Waals surface area contributed by atoms with Crippen LogP contribution in [0.5, 0.6) is 0 Å². The van der Waals surface area contributed by atoms with Crippen LogP contribution in [0.2, 0.25) is 0 Å². The molecule has 0 bridgehead atoms. The first-order chi connectivity index (χ1) is 7.18. The molecule has 2 saturated heterocycles. The maximum Gasteiger partial charge on any atom is 0.237 e. The van der Waals surface area contributed by atoms with Gasteiger partial charge in [0.2, 0.25) is 5.91 Å². The number of nitrogens with one attached hydrogen (secondary N) is 1. The Morgan fingerprint density at radius 1 is 1.47 bits per heavy atom. The van der Waals surface area contributed by atoms with E-state index in [2.05, 4.69) is 24.1 Å². The molecular formula is C11H21N3O. The zero-order valence-corrected chi connectivity index (χ0v) is 9.70. The predicted octanol–water partition coefficient (Wildman–Crippen LogP) is 0.249. The maximum atomic E-state index is 11.6. The molecule has 2 unspecified atom stereocenters. The molecule has 2 fully saturated rings. The Morgan fingerprint density at radius 3 is 2.67 bits per heavy atom. The van der Waals surface area contributed by atoms with Crippen LogP contribution in [0.1, 0.15) is 26.7 Å². The zero-order valence-electron chi connectivity index (χ0n) is 9.70. The number of hydrogen-bond acceptors (Lipinski definition) is 3. The van der Waals surface area contributed by atoms with Gasteiger partial charge in [0.25, 0.3) is 0 Å². The Hall–Kier alpha value is -0.610. The van der Waals surface area contributed by atoms with Crippen molar-refractivity contribution in [3.05, 3.63) is 0 Å². The number of rotatable bonds is 3. The van der Waals surface area contributed by atoms with Crippen molar-refractivity contribution in [2.24, 2.45) is 0 Å². The average Bonchev–Trinajstić information content (AvgIpc) is 2.82. The van der Waals surface area contributed by atoms with Gasteiger partial charge in [-0.05, 0) is 39.8 Å². The summed E-state index contributed by atoms with van der Waals surface area (Å²) in [5.74, 6) is 0.244. The van der Waals surface area contributed by atoms with Gasteiger partial charge >= 0.3 is 0 Å². The fourth-order valence-corrected chi connectivity index (χ4v) is 2.51. The van der Waals surface area contributed by atoms with E-state index in [4.69, 9.17) is 0 Å². The SMILES string of the molecule is CC(CN1C(=O)CNC1C)N1CCCC1. The van der Waals surface area contributed by atoms with Gasteiger partial charge in [-0.25, -0.2) is 0 Å². The minimum atomic E-state index is 0.211. The lowest BCUT2D eigenvalue weighted by Gasteiger charge is -2.30. The second-order valence-electron chi connectivity index (χ2n) is 4.70. The van der Waals surface area contributed by atoms with Crippen molar-refractivity contribution in [3.8, 4) is 0 Å². The summed E-state index contributed by atoms with van der Waals surface area (Å²) in [4.78, 5) is 16.0. The largest absolute Gasteiger partial charge is 0.325 e. The lowest BCUT2D eigenvalue weighted by Crippen LogP contribution is -2.45. The smallest absolute Gasteiger partial charge is 0.237 e. The Bertz CT molecular complexity index is 238. The molecule has 0 spiro atoms. The molecule has 0 aliphatic carbocycles. The van der Waals surface area contributed by atoms with E-state index < -0.39 is 0 Å². The first-order valence-electron chi connectivity index (χ1n) is 5.95. The number of amides is 1. The molecule has 2 heterocycles. The van der Waals surface area contributed by atoms with Crippen molar-refractivity contribution in [3.63, 3.8) is 0 Å². The molecule has 2 atom stereocenters. The second kappa shape index (κ2) is 4.49. The predicted molar refractivity (Wildman–Crippen MR) is 59.4 cm³/mol. The third kappa shape index (κ3) is 2.32. The topological polar surface area (TPSA) is 35.6 Å². The van der Waals surface area contributed by atoms with Gasteiger partial charge in [0.1, 0.15) is 0 Å². The molecule has 0 aromatic heterocycles. The van der Waals surface area contributed by atoms with Gasteiger partial charge in [-0.2, -0.15) is 0 Å². The molecule has 2 aliphatic rings. The van der Waals surface area contributed by atoms with Crippen LogP contribution < -0.4 is 5.32 Å². The fraction of sp³-hybridized carbons (Fsp3) is 0.909. The van der Waals surface area contributed by atoms with Crippen molar-refractivity contribution < 1.29 is 4.79 Å². The van der Waals surface area contributed by atoms with E-state index in [1.54, 1.807) is 0 Å². The maximum absolute atomic E-state index is 11.6. The molecule has 2 rings (SSSR count). The Balaban J connectivity index is 1.87. The molecule has 15 heavy (non-hydrogen) atoms. The zero-order chi connectivity index (χ0) is 10.8. The molecule has 0 aromatic rings. The number of nitrogens with zero attached hydrogens (tertiary/aromatic N) is 2. The highest BCUT2D eigenvalue weighted by atomic mass is 16.2. The summed E-state index contributed by atoms with van der Waals surface area (Å²) >= 11 is 0. The van der Waals surface area contributed by atoms with Gasteiger partial charge in [0.05, 0.1) is 12.7 Å². The Kier molecular flexibility index (Phi) is 3.26. The number of likely N-dealkylation sites (tertiary alicyclic amines) is 1. The molecule has 0 radical (unpaired) electrons. The fourth-order valence-electron chi connectivity index (χ4n) is 2.51. The Morgan fingerprint density at radius 2 is 2.13 bits per heavy atom. The Labute approximate surface area is 91.6 Å². The second-order valence-corrected chi connectivity index (χ2v) is 4.70. The van der Waals surface area contributed by atoms with Crippen molar-refractivity contribution in [1.29, 1.82) is 0 Å². The van der Waals surface area contributed by atoms with Crippen LogP contribution in [0, 0.1) is 0 Å². The minimum absolute atomic E-state index is 0.211. The van der Waals surface area contributed by atoms with E-state index in [1.165, 1.54) is 25.9 Å². The van der Waals surface area contributed by atoms with Crippen LogP contribution in [-0.2, 0) is 4.79 Å². The van der Waals surface area contributed by atoms with Crippen LogP contribution in [-0.4, -0.2) is 54.1 Å². The molecule has 4 heteroatoms. The quantitative estimate of drug-likeness (QED) is 0.727. The summed E-state index contributed by atoms with van der Waals surface area (Å²) in [7, 11) is 0. The molecule has 2 aliphatic heterocycles. The van der Waals surface area contributed by atoms with Crippen molar-refractivity contribution in [2.75, 3.05) is 26.2 Å². The first-order valence-corrected chi connectivity index (χ1v) is 5.95. The number of hydrogen-bond donors (Lipinski definition) is 1. The first kappa shape index (κ1) is 10.9. The summed E-state index contributed by atoms with van der Waals surface area (Å²) in [6, 6.07) is 0.499. The highest BCUT2D eigenvalue weighted by molar-refractivity contribution is 5.80. The molecule has 86 valence electrons. The summed E-state index contributed by atoms with van der Waals surface area (Å²) in [5, 5.41) is 3.17. The van der Waals surface area contributed by atoms with Crippen LogP contribution in [0.25, 0.3) is 0 Å². The van der Waals surface area contributed by atoms with E-state index in [0.717, 1.165) is 6.54 Å². The normalized spacial score (nSPS) is 30.1. The summed E-state index contributed by atoms with van der Waals surface area (Å²) in [6.07, 6.45) is 2.83. The molecule has 1 amide bonds. The highest BCUT2D eigenvalue weighted by Crippen LogP contribution is 2.14. The van der Waals surface area contributed by atoms with E-state index in [1.807, 2.05) is 4.90 Å². The average molecular weight is 211 g/mol. The summed E-state index contributed by atoms with van der Waals surface area (Å²) < 4.78 is 0. The lowest BCUT2D eigenvalue weighted by molar-refractivity contribution is -0.128. The van der Waals surface area contributed by atoms with E-state index >= 15 is 0 Å². The third-order valence-corrected chi connectivity index (χ3v) is 3.56. The van der Waals surface area contributed by atoms with Crippen LogP contribution >= 0.6 is 0 Å². The molecule has 0 saturated carbocycles.